The Morgan fingerprint density at radius 2 is 1.94 bits per heavy atom. The van der Waals surface area contributed by atoms with E-state index in [0.717, 1.165) is 0 Å². The van der Waals surface area contributed by atoms with Gasteiger partial charge >= 0.3 is 0 Å². The van der Waals surface area contributed by atoms with Crippen LogP contribution in [0.4, 0.5) is 10.1 Å². The number of nitrogens with two attached hydrogens (primary N) is 2. The Morgan fingerprint density at radius 1 is 1.31 bits per heavy atom. The quantitative estimate of drug-likeness (QED) is 0.780. The van der Waals surface area contributed by atoms with Crippen molar-refractivity contribution in [2.75, 3.05) is 5.73 Å². The zero-order chi connectivity index (χ0) is 11.7. The van der Waals surface area contributed by atoms with Crippen molar-refractivity contribution in [3.05, 3.63) is 42.0 Å². The van der Waals surface area contributed by atoms with Gasteiger partial charge in [-0.05, 0) is 24.3 Å². The monoisotopic (exact) mass is 220 g/mol. The molecule has 0 aliphatic heterocycles. The van der Waals surface area contributed by atoms with Gasteiger partial charge in [-0.1, -0.05) is 0 Å². The first-order valence-electron chi connectivity index (χ1n) is 4.49. The smallest absolute Gasteiger partial charge is 0.271 e. The van der Waals surface area contributed by atoms with Gasteiger partial charge in [-0.3, -0.25) is 4.79 Å². The zero-order valence-corrected chi connectivity index (χ0v) is 8.22. The molecule has 1 amide bonds. The topological polar surface area (TPSA) is 86.9 Å². The summed E-state index contributed by atoms with van der Waals surface area (Å²) in [6.07, 6.45) is 1.45. The number of nitrogens with zero attached hydrogens (tertiary/aromatic N) is 2. The van der Waals surface area contributed by atoms with Crippen LogP contribution < -0.4 is 11.5 Å². The Balaban J connectivity index is 2.45. The Kier molecular flexibility index (Phi) is 2.32. The summed E-state index contributed by atoms with van der Waals surface area (Å²) in [5.41, 5.74) is 11.4. The summed E-state index contributed by atoms with van der Waals surface area (Å²) >= 11 is 0. The number of carbonyl (C=O) groups excluding carboxylic acids is 1. The van der Waals surface area contributed by atoms with Crippen LogP contribution in [0.1, 0.15) is 10.5 Å². The molecule has 0 saturated carbocycles. The van der Waals surface area contributed by atoms with Crippen LogP contribution in [0.3, 0.4) is 0 Å². The maximum absolute atomic E-state index is 12.7. The van der Waals surface area contributed by atoms with Crippen molar-refractivity contribution in [3.63, 3.8) is 0 Å². The number of aromatic nitrogens is 2. The van der Waals surface area contributed by atoms with Gasteiger partial charge in [0.25, 0.3) is 5.91 Å². The van der Waals surface area contributed by atoms with Crippen molar-refractivity contribution >= 4 is 11.6 Å². The predicted octanol–water partition coefficient (Wildman–Crippen LogP) is 0.692. The molecule has 4 N–H and O–H groups in total. The van der Waals surface area contributed by atoms with Crippen molar-refractivity contribution < 1.29 is 9.18 Å². The third-order valence-corrected chi connectivity index (χ3v) is 2.07. The molecule has 1 aromatic heterocycles. The van der Waals surface area contributed by atoms with Gasteiger partial charge in [0.05, 0.1) is 17.6 Å². The molecule has 1 heterocycles. The van der Waals surface area contributed by atoms with Crippen molar-refractivity contribution in [2.45, 2.75) is 0 Å². The molecule has 6 heteroatoms. The average Bonchev–Trinajstić information content (AvgIpc) is 2.61. The molecule has 0 aliphatic rings. The molecule has 16 heavy (non-hydrogen) atoms. The fraction of sp³-hybridized carbons (Fsp3) is 0. The number of nitrogen functional groups attached to an aromatic ring is 1. The van der Waals surface area contributed by atoms with E-state index in [1.54, 1.807) is 0 Å². The molecule has 0 spiro atoms. The second-order valence-electron chi connectivity index (χ2n) is 3.22. The van der Waals surface area contributed by atoms with Crippen molar-refractivity contribution in [2.24, 2.45) is 5.73 Å². The number of anilines is 1. The van der Waals surface area contributed by atoms with Gasteiger partial charge < -0.3 is 11.5 Å². The Morgan fingerprint density at radius 3 is 2.44 bits per heavy atom. The number of benzene rings is 1. The molecule has 0 atom stereocenters. The van der Waals surface area contributed by atoms with Gasteiger partial charge in [0.2, 0.25) is 0 Å². The minimum atomic E-state index is -0.696. The molecule has 0 bridgehead atoms. The van der Waals surface area contributed by atoms with Crippen LogP contribution in [-0.4, -0.2) is 15.7 Å². The van der Waals surface area contributed by atoms with Crippen LogP contribution in [0, 0.1) is 5.82 Å². The fourth-order valence-electron chi connectivity index (χ4n) is 1.30. The number of primary amides is 1. The van der Waals surface area contributed by atoms with Crippen LogP contribution in [0.2, 0.25) is 0 Å². The van der Waals surface area contributed by atoms with Crippen molar-refractivity contribution in [1.82, 2.24) is 9.78 Å². The van der Waals surface area contributed by atoms with Gasteiger partial charge in [-0.2, -0.15) is 5.10 Å². The summed E-state index contributed by atoms with van der Waals surface area (Å²) < 4.78 is 14.1. The molecule has 5 nitrogen and oxygen atoms in total. The van der Waals surface area contributed by atoms with E-state index in [-0.39, 0.29) is 17.2 Å². The SMILES string of the molecule is NC(=O)c1nn(-c2ccc(F)cc2)cc1N. The highest BCUT2D eigenvalue weighted by Gasteiger charge is 2.11. The highest BCUT2D eigenvalue weighted by Crippen LogP contribution is 2.14. The van der Waals surface area contributed by atoms with E-state index in [4.69, 9.17) is 11.5 Å². The predicted molar refractivity (Wildman–Crippen MR) is 56.5 cm³/mol. The number of hydrogen-bond donors (Lipinski definition) is 2. The zero-order valence-electron chi connectivity index (χ0n) is 8.22. The third-order valence-electron chi connectivity index (χ3n) is 2.07. The summed E-state index contributed by atoms with van der Waals surface area (Å²) in [5, 5.41) is 3.90. The summed E-state index contributed by atoms with van der Waals surface area (Å²) in [6, 6.07) is 5.62. The minimum Gasteiger partial charge on any atom is -0.396 e. The maximum Gasteiger partial charge on any atom is 0.271 e. The lowest BCUT2D eigenvalue weighted by atomic mass is 10.3. The number of halogens is 1. The van der Waals surface area contributed by atoms with Gasteiger partial charge in [0.15, 0.2) is 5.69 Å². The number of hydrogen-bond acceptors (Lipinski definition) is 3. The minimum absolute atomic E-state index is 0.00400. The summed E-state index contributed by atoms with van der Waals surface area (Å²) in [6.45, 7) is 0. The lowest BCUT2D eigenvalue weighted by Gasteiger charge is -1.99. The lowest BCUT2D eigenvalue weighted by Crippen LogP contribution is -2.13. The van der Waals surface area contributed by atoms with E-state index in [1.165, 1.54) is 35.1 Å². The highest BCUT2D eigenvalue weighted by atomic mass is 19.1. The maximum atomic E-state index is 12.7. The molecule has 0 unspecified atom stereocenters. The Labute approximate surface area is 90.5 Å². The molecule has 1 aromatic carbocycles. The van der Waals surface area contributed by atoms with E-state index >= 15 is 0 Å². The molecular formula is C10H9FN4O. The second-order valence-corrected chi connectivity index (χ2v) is 3.22. The molecular weight excluding hydrogens is 211 g/mol. The molecule has 82 valence electrons. The van der Waals surface area contributed by atoms with Gasteiger partial charge in [-0.15, -0.1) is 0 Å². The Hall–Kier alpha value is -2.37. The summed E-state index contributed by atoms with van der Waals surface area (Å²) in [5.74, 6) is -1.04. The van der Waals surface area contributed by atoms with Crippen LogP contribution in [0.25, 0.3) is 5.69 Å². The highest BCUT2D eigenvalue weighted by molar-refractivity contribution is 5.95. The van der Waals surface area contributed by atoms with Crippen molar-refractivity contribution in [1.29, 1.82) is 0 Å². The third kappa shape index (κ3) is 1.72. The van der Waals surface area contributed by atoms with Crippen LogP contribution in [-0.2, 0) is 0 Å². The first-order chi connectivity index (χ1) is 7.58. The lowest BCUT2D eigenvalue weighted by molar-refractivity contribution is 0.0996. The molecule has 0 fully saturated rings. The standard InChI is InChI=1S/C10H9FN4O/c11-6-1-3-7(4-2-6)15-5-8(12)9(14-15)10(13)16/h1-5H,12H2,(H2,13,16). The van der Waals surface area contributed by atoms with Gasteiger partial charge in [0.1, 0.15) is 5.82 Å². The van der Waals surface area contributed by atoms with Gasteiger partial charge in [-0.25, -0.2) is 9.07 Å². The number of carbonyl (C=O) groups is 1. The van der Waals surface area contributed by atoms with Crippen LogP contribution in [0.15, 0.2) is 30.5 Å². The number of amides is 1. The van der Waals surface area contributed by atoms with E-state index < -0.39 is 5.91 Å². The van der Waals surface area contributed by atoms with E-state index in [1.807, 2.05) is 0 Å². The second kappa shape index (κ2) is 3.65. The molecule has 2 rings (SSSR count). The van der Waals surface area contributed by atoms with Gasteiger partial charge in [0, 0.05) is 0 Å². The molecule has 2 aromatic rings. The molecule has 0 saturated heterocycles. The van der Waals surface area contributed by atoms with Crippen LogP contribution >= 0.6 is 0 Å². The molecule has 0 aliphatic carbocycles. The van der Waals surface area contributed by atoms with Crippen LogP contribution in [0.5, 0.6) is 0 Å². The van der Waals surface area contributed by atoms with E-state index in [0.29, 0.717) is 5.69 Å². The largest absolute Gasteiger partial charge is 0.396 e. The van der Waals surface area contributed by atoms with E-state index in [9.17, 15) is 9.18 Å². The normalized spacial score (nSPS) is 10.3. The fourth-order valence-corrected chi connectivity index (χ4v) is 1.30. The summed E-state index contributed by atoms with van der Waals surface area (Å²) in [4.78, 5) is 10.9. The van der Waals surface area contributed by atoms with Crippen molar-refractivity contribution in [3.8, 4) is 5.69 Å². The average molecular weight is 220 g/mol. The number of rotatable bonds is 2. The summed E-state index contributed by atoms with van der Waals surface area (Å²) in [7, 11) is 0. The first kappa shape index (κ1) is 10.2. The first-order valence-corrected chi connectivity index (χ1v) is 4.49. The van der Waals surface area contributed by atoms with E-state index in [2.05, 4.69) is 5.10 Å². The molecule has 0 radical (unpaired) electrons. The Bertz CT molecular complexity index is 532.